The lowest BCUT2D eigenvalue weighted by atomic mass is 10.2. The molecule has 0 saturated carbocycles. The first-order valence-electron chi connectivity index (χ1n) is 7.52. The van der Waals surface area contributed by atoms with Gasteiger partial charge in [0.15, 0.2) is 0 Å². The number of thiazole rings is 1. The first kappa shape index (κ1) is 18.4. The van der Waals surface area contributed by atoms with Gasteiger partial charge in [-0.05, 0) is 42.8 Å². The SMILES string of the molecule is Cc1ccc(N/C=C(/C#N)c2nc(-c3ccc(Cl)cc3Cl)cs2)cc1F. The average molecular weight is 404 g/mol. The molecule has 0 unspecified atom stereocenters. The first-order chi connectivity index (χ1) is 12.5. The summed E-state index contributed by atoms with van der Waals surface area (Å²) in [6.07, 6.45) is 1.51. The first-order valence-corrected chi connectivity index (χ1v) is 9.16. The number of aryl methyl sites for hydroxylation is 1. The Kier molecular flexibility index (Phi) is 5.58. The predicted molar refractivity (Wildman–Crippen MR) is 106 cm³/mol. The average Bonchev–Trinajstić information content (AvgIpc) is 3.08. The maximum absolute atomic E-state index is 13.6. The normalized spacial score (nSPS) is 11.3. The number of anilines is 1. The van der Waals surface area contributed by atoms with Crippen LogP contribution in [-0.4, -0.2) is 4.98 Å². The molecule has 0 spiro atoms. The number of allylic oxidation sites excluding steroid dienone is 1. The van der Waals surface area contributed by atoms with Crippen molar-refractivity contribution in [3.05, 3.63) is 74.4 Å². The standard InChI is InChI=1S/C19H12Cl2FN3S/c1-11-2-4-14(7-17(11)22)24-9-12(8-23)19-25-18(10-26-19)15-5-3-13(20)6-16(15)21/h2-7,9-10,24H,1H3/b12-9-. The van der Waals surface area contributed by atoms with E-state index in [1.165, 1.54) is 23.6 Å². The summed E-state index contributed by atoms with van der Waals surface area (Å²) in [6.45, 7) is 1.69. The van der Waals surface area contributed by atoms with Gasteiger partial charge in [-0.1, -0.05) is 29.3 Å². The highest BCUT2D eigenvalue weighted by atomic mass is 35.5. The van der Waals surface area contributed by atoms with Crippen LogP contribution in [0.3, 0.4) is 0 Å². The Bertz CT molecular complexity index is 1040. The number of aromatic nitrogens is 1. The lowest BCUT2D eigenvalue weighted by Crippen LogP contribution is -1.93. The Morgan fingerprint density at radius 3 is 2.77 bits per heavy atom. The van der Waals surface area contributed by atoms with Crippen molar-refractivity contribution in [2.75, 3.05) is 5.32 Å². The molecule has 1 N–H and O–H groups in total. The Morgan fingerprint density at radius 1 is 1.27 bits per heavy atom. The van der Waals surface area contributed by atoms with E-state index in [4.69, 9.17) is 23.2 Å². The van der Waals surface area contributed by atoms with Crippen LogP contribution in [-0.2, 0) is 0 Å². The highest BCUT2D eigenvalue weighted by molar-refractivity contribution is 7.11. The van der Waals surface area contributed by atoms with E-state index < -0.39 is 0 Å². The molecule has 3 aromatic rings. The van der Waals surface area contributed by atoms with E-state index in [1.54, 1.807) is 37.3 Å². The number of nitrogens with zero attached hydrogens (tertiary/aromatic N) is 2. The topological polar surface area (TPSA) is 48.7 Å². The van der Waals surface area contributed by atoms with Crippen LogP contribution in [0, 0.1) is 24.1 Å². The van der Waals surface area contributed by atoms with Gasteiger partial charge in [-0.25, -0.2) is 9.37 Å². The van der Waals surface area contributed by atoms with Crippen LogP contribution in [0.1, 0.15) is 10.6 Å². The number of nitrogens with one attached hydrogen (secondary N) is 1. The largest absolute Gasteiger partial charge is 0.360 e. The van der Waals surface area contributed by atoms with Crippen molar-refractivity contribution in [1.29, 1.82) is 5.26 Å². The second kappa shape index (κ2) is 7.88. The summed E-state index contributed by atoms with van der Waals surface area (Å²) in [5, 5.41) is 15.7. The minimum absolute atomic E-state index is 0.309. The molecule has 0 atom stereocenters. The van der Waals surface area contributed by atoms with E-state index in [2.05, 4.69) is 16.4 Å². The summed E-state index contributed by atoms with van der Waals surface area (Å²) in [4.78, 5) is 4.47. The van der Waals surface area contributed by atoms with Crippen LogP contribution >= 0.6 is 34.5 Å². The molecule has 2 aromatic carbocycles. The van der Waals surface area contributed by atoms with Gasteiger partial charge in [-0.15, -0.1) is 11.3 Å². The zero-order valence-corrected chi connectivity index (χ0v) is 15.9. The fourth-order valence-corrected chi connectivity index (χ4v) is 3.49. The molecule has 0 amide bonds. The number of halogens is 3. The molecular weight excluding hydrogens is 392 g/mol. The Morgan fingerprint density at radius 2 is 2.08 bits per heavy atom. The molecule has 130 valence electrons. The van der Waals surface area contributed by atoms with Gasteiger partial charge in [-0.2, -0.15) is 5.26 Å². The van der Waals surface area contributed by atoms with Gasteiger partial charge in [0.25, 0.3) is 0 Å². The second-order valence-corrected chi connectivity index (χ2v) is 7.14. The number of benzene rings is 2. The highest BCUT2D eigenvalue weighted by Crippen LogP contribution is 2.32. The summed E-state index contributed by atoms with van der Waals surface area (Å²) in [5.74, 6) is -0.309. The molecule has 3 nitrogen and oxygen atoms in total. The minimum Gasteiger partial charge on any atom is -0.360 e. The van der Waals surface area contributed by atoms with Gasteiger partial charge in [0.05, 0.1) is 10.7 Å². The summed E-state index contributed by atoms with van der Waals surface area (Å²) in [6, 6.07) is 12.0. The van der Waals surface area contributed by atoms with Gasteiger partial charge in [0.2, 0.25) is 0 Å². The molecule has 0 aliphatic rings. The molecule has 26 heavy (non-hydrogen) atoms. The van der Waals surface area contributed by atoms with Crippen molar-refractivity contribution < 1.29 is 4.39 Å². The van der Waals surface area contributed by atoms with Crippen LogP contribution in [0.4, 0.5) is 10.1 Å². The minimum atomic E-state index is -0.309. The Balaban J connectivity index is 1.86. The van der Waals surface area contributed by atoms with E-state index in [1.807, 2.05) is 5.38 Å². The zero-order chi connectivity index (χ0) is 18.7. The van der Waals surface area contributed by atoms with E-state index in [0.717, 1.165) is 5.56 Å². The highest BCUT2D eigenvalue weighted by Gasteiger charge is 2.12. The van der Waals surface area contributed by atoms with Crippen LogP contribution in [0.25, 0.3) is 16.8 Å². The third-order valence-electron chi connectivity index (χ3n) is 3.62. The molecule has 0 fully saturated rings. The summed E-state index contributed by atoms with van der Waals surface area (Å²) >= 11 is 13.4. The van der Waals surface area contributed by atoms with Gasteiger partial charge in [0, 0.05) is 27.9 Å². The number of hydrogen-bond donors (Lipinski definition) is 1. The van der Waals surface area contributed by atoms with Crippen molar-refractivity contribution in [3.63, 3.8) is 0 Å². The van der Waals surface area contributed by atoms with Crippen molar-refractivity contribution in [3.8, 4) is 17.3 Å². The Labute approximate surface area is 164 Å². The molecule has 0 aliphatic carbocycles. The summed E-state index contributed by atoms with van der Waals surface area (Å²) in [5.41, 5.74) is 2.86. The fraction of sp³-hybridized carbons (Fsp3) is 0.0526. The molecule has 0 bridgehead atoms. The van der Waals surface area contributed by atoms with Crippen LogP contribution in [0.15, 0.2) is 48.0 Å². The second-order valence-electron chi connectivity index (χ2n) is 5.44. The molecule has 3 rings (SSSR count). The molecular formula is C19H12Cl2FN3S. The zero-order valence-electron chi connectivity index (χ0n) is 13.6. The number of hydrogen-bond acceptors (Lipinski definition) is 4. The quantitative estimate of drug-likeness (QED) is 0.502. The Hall–Kier alpha value is -2.39. The van der Waals surface area contributed by atoms with Crippen molar-refractivity contribution in [2.24, 2.45) is 0 Å². The van der Waals surface area contributed by atoms with Crippen LogP contribution in [0.2, 0.25) is 10.0 Å². The fourth-order valence-electron chi connectivity index (χ4n) is 2.20. The van der Waals surface area contributed by atoms with Gasteiger partial charge in [-0.3, -0.25) is 0 Å². The maximum atomic E-state index is 13.6. The van der Waals surface area contributed by atoms with Crippen molar-refractivity contribution in [2.45, 2.75) is 6.92 Å². The van der Waals surface area contributed by atoms with Crippen molar-refractivity contribution >= 4 is 45.8 Å². The predicted octanol–water partition coefficient (Wildman–Crippen LogP) is 6.54. The van der Waals surface area contributed by atoms with Crippen LogP contribution in [0.5, 0.6) is 0 Å². The molecule has 1 heterocycles. The lowest BCUT2D eigenvalue weighted by molar-refractivity contribution is 0.619. The molecule has 0 radical (unpaired) electrons. The van der Waals surface area contributed by atoms with Gasteiger partial charge < -0.3 is 5.32 Å². The number of nitriles is 1. The van der Waals surface area contributed by atoms with E-state index in [-0.39, 0.29) is 5.82 Å². The molecule has 7 heteroatoms. The smallest absolute Gasteiger partial charge is 0.136 e. The molecule has 1 aromatic heterocycles. The number of rotatable bonds is 4. The van der Waals surface area contributed by atoms with E-state index >= 15 is 0 Å². The van der Waals surface area contributed by atoms with E-state index in [0.29, 0.717) is 37.6 Å². The monoisotopic (exact) mass is 403 g/mol. The third-order valence-corrected chi connectivity index (χ3v) is 5.04. The summed E-state index contributed by atoms with van der Waals surface area (Å²) in [7, 11) is 0. The van der Waals surface area contributed by atoms with Gasteiger partial charge >= 0.3 is 0 Å². The lowest BCUT2D eigenvalue weighted by Gasteiger charge is -2.03. The third kappa shape index (κ3) is 4.05. The molecule has 0 saturated heterocycles. The van der Waals surface area contributed by atoms with E-state index in [9.17, 15) is 9.65 Å². The van der Waals surface area contributed by atoms with Crippen LogP contribution < -0.4 is 5.32 Å². The van der Waals surface area contributed by atoms with Crippen molar-refractivity contribution in [1.82, 2.24) is 4.98 Å². The summed E-state index contributed by atoms with van der Waals surface area (Å²) < 4.78 is 13.6. The maximum Gasteiger partial charge on any atom is 0.136 e. The molecule has 0 aliphatic heterocycles. The van der Waals surface area contributed by atoms with Gasteiger partial charge in [0.1, 0.15) is 22.5 Å².